The molecule has 2 N–H and O–H groups in total. The van der Waals surface area contributed by atoms with Gasteiger partial charge in [0.25, 0.3) is 0 Å². The Balaban J connectivity index is 1.59. The molecule has 7 nitrogen and oxygen atoms in total. The van der Waals surface area contributed by atoms with E-state index in [0.29, 0.717) is 16.7 Å². The van der Waals surface area contributed by atoms with Crippen LogP contribution in [0.25, 0.3) is 11.4 Å². The summed E-state index contributed by atoms with van der Waals surface area (Å²) in [5.74, 6) is -1.05. The van der Waals surface area contributed by atoms with Gasteiger partial charge in [0.15, 0.2) is 5.82 Å². The van der Waals surface area contributed by atoms with Crippen LogP contribution in [-0.4, -0.2) is 32.8 Å². The number of aromatic nitrogens is 3. The van der Waals surface area contributed by atoms with E-state index >= 15 is 0 Å². The first-order valence-electron chi connectivity index (χ1n) is 7.44. The summed E-state index contributed by atoms with van der Waals surface area (Å²) >= 11 is 6.92. The highest BCUT2D eigenvalue weighted by molar-refractivity contribution is 7.99. The second-order valence-corrected chi connectivity index (χ2v) is 6.50. The van der Waals surface area contributed by atoms with Crippen molar-refractivity contribution in [2.24, 2.45) is 0 Å². The Morgan fingerprint density at radius 2 is 1.96 bits per heavy atom. The maximum Gasteiger partial charge on any atom is 0.234 e. The summed E-state index contributed by atoms with van der Waals surface area (Å²) in [6.07, 6.45) is 0. The number of carboxylic acid groups (broad SMARTS) is 1. The highest BCUT2D eigenvalue weighted by Crippen LogP contribution is 2.21. The van der Waals surface area contributed by atoms with Crippen molar-refractivity contribution in [3.63, 3.8) is 0 Å². The fourth-order valence-corrected chi connectivity index (χ4v) is 2.92. The minimum atomic E-state index is -1.41. The molecule has 3 aromatic rings. The molecule has 0 unspecified atom stereocenters. The smallest absolute Gasteiger partial charge is 0.234 e. The molecule has 132 valence electrons. The van der Waals surface area contributed by atoms with Crippen LogP contribution in [0.4, 0.5) is 5.69 Å². The number of rotatable bonds is 6. The molecule has 0 saturated heterocycles. The van der Waals surface area contributed by atoms with Crippen molar-refractivity contribution in [3.05, 3.63) is 59.1 Å². The number of halogens is 1. The summed E-state index contributed by atoms with van der Waals surface area (Å²) < 4.78 is 0. The summed E-state index contributed by atoms with van der Waals surface area (Å²) in [6.45, 7) is 0. The fourth-order valence-electron chi connectivity index (χ4n) is 2.12. The molecular formula is C17H12ClN4O3S-. The molecule has 0 spiro atoms. The molecule has 0 bridgehead atoms. The Kier molecular flexibility index (Phi) is 5.55. The van der Waals surface area contributed by atoms with E-state index in [1.807, 2.05) is 30.3 Å². The molecule has 0 atom stereocenters. The molecule has 0 radical (unpaired) electrons. The number of carboxylic acids is 1. The van der Waals surface area contributed by atoms with Gasteiger partial charge in [-0.1, -0.05) is 53.7 Å². The van der Waals surface area contributed by atoms with Crippen molar-refractivity contribution >= 4 is 40.9 Å². The number of thioether (sulfide) groups is 1. The van der Waals surface area contributed by atoms with Gasteiger partial charge in [-0.3, -0.25) is 9.89 Å². The van der Waals surface area contributed by atoms with E-state index < -0.39 is 5.97 Å². The lowest BCUT2D eigenvalue weighted by Crippen LogP contribution is -2.23. The third-order valence-electron chi connectivity index (χ3n) is 3.31. The van der Waals surface area contributed by atoms with E-state index in [4.69, 9.17) is 11.6 Å². The number of amides is 1. The molecule has 0 fully saturated rings. The molecular weight excluding hydrogens is 376 g/mol. The minimum Gasteiger partial charge on any atom is -0.545 e. The van der Waals surface area contributed by atoms with Crippen LogP contribution in [0.3, 0.4) is 0 Å². The van der Waals surface area contributed by atoms with E-state index in [0.717, 1.165) is 17.3 Å². The van der Waals surface area contributed by atoms with Gasteiger partial charge >= 0.3 is 0 Å². The maximum absolute atomic E-state index is 12.0. The average molecular weight is 388 g/mol. The van der Waals surface area contributed by atoms with E-state index in [2.05, 4.69) is 20.5 Å². The van der Waals surface area contributed by atoms with Gasteiger partial charge in [-0.05, 0) is 18.2 Å². The SMILES string of the molecule is O=C(CSc1n[nH]c(-c2ccccc2)n1)Nc1ccc(Cl)c(C(=O)[O-])c1. The highest BCUT2D eigenvalue weighted by Gasteiger charge is 2.10. The number of hydrogen-bond acceptors (Lipinski definition) is 6. The topological polar surface area (TPSA) is 111 Å². The molecule has 9 heteroatoms. The largest absolute Gasteiger partial charge is 0.545 e. The molecule has 0 saturated carbocycles. The van der Waals surface area contributed by atoms with Crippen LogP contribution in [0, 0.1) is 0 Å². The number of carbonyl (C=O) groups is 2. The van der Waals surface area contributed by atoms with Crippen LogP contribution in [0.1, 0.15) is 10.4 Å². The molecule has 1 amide bonds. The van der Waals surface area contributed by atoms with Gasteiger partial charge < -0.3 is 15.2 Å². The molecule has 3 rings (SSSR count). The van der Waals surface area contributed by atoms with E-state index in [9.17, 15) is 14.7 Å². The first-order chi connectivity index (χ1) is 12.5. The first-order valence-corrected chi connectivity index (χ1v) is 8.80. The first kappa shape index (κ1) is 18.0. The summed E-state index contributed by atoms with van der Waals surface area (Å²) in [5.41, 5.74) is 1.03. The lowest BCUT2D eigenvalue weighted by atomic mass is 10.2. The van der Waals surface area contributed by atoms with Gasteiger partial charge in [0.05, 0.1) is 11.7 Å². The van der Waals surface area contributed by atoms with Crippen molar-refractivity contribution in [3.8, 4) is 11.4 Å². The lowest BCUT2D eigenvalue weighted by Gasteiger charge is -2.09. The van der Waals surface area contributed by atoms with Gasteiger partial charge in [0.2, 0.25) is 11.1 Å². The van der Waals surface area contributed by atoms with Gasteiger partial charge in [-0.15, -0.1) is 5.10 Å². The number of H-pyrrole nitrogens is 1. The van der Waals surface area contributed by atoms with E-state index in [-0.39, 0.29) is 22.2 Å². The number of nitrogens with zero attached hydrogens (tertiary/aromatic N) is 2. The summed E-state index contributed by atoms with van der Waals surface area (Å²) in [6, 6.07) is 13.6. The number of carbonyl (C=O) groups excluding carboxylic acids is 2. The predicted molar refractivity (Wildman–Crippen MR) is 97.0 cm³/mol. The van der Waals surface area contributed by atoms with E-state index in [1.54, 1.807) is 0 Å². The maximum atomic E-state index is 12.0. The quantitative estimate of drug-likeness (QED) is 0.627. The summed E-state index contributed by atoms with van der Waals surface area (Å²) in [4.78, 5) is 27.3. The number of aromatic amines is 1. The van der Waals surface area contributed by atoms with E-state index in [1.165, 1.54) is 18.2 Å². The van der Waals surface area contributed by atoms with Crippen LogP contribution in [-0.2, 0) is 4.79 Å². The van der Waals surface area contributed by atoms with Gasteiger partial charge in [-0.25, -0.2) is 4.98 Å². The molecule has 1 aromatic heterocycles. The van der Waals surface area contributed by atoms with Crippen molar-refractivity contribution in [2.75, 3.05) is 11.1 Å². The van der Waals surface area contributed by atoms with Crippen LogP contribution >= 0.6 is 23.4 Å². The second kappa shape index (κ2) is 8.03. The standard InChI is InChI=1S/C17H13ClN4O3S/c18-13-7-6-11(8-12(13)16(24)25)19-14(23)9-26-17-20-15(21-22-17)10-4-2-1-3-5-10/h1-8H,9H2,(H,19,23)(H,24,25)(H,20,21,22)/p-1. The lowest BCUT2D eigenvalue weighted by molar-refractivity contribution is -0.255. The Labute approximate surface area is 157 Å². The van der Waals surface area contributed by atoms with Crippen molar-refractivity contribution in [2.45, 2.75) is 5.16 Å². The molecule has 0 aliphatic heterocycles. The second-order valence-electron chi connectivity index (χ2n) is 5.15. The number of aromatic carboxylic acids is 1. The zero-order valence-corrected chi connectivity index (χ0v) is 14.8. The zero-order chi connectivity index (χ0) is 18.5. The summed E-state index contributed by atoms with van der Waals surface area (Å²) in [7, 11) is 0. The van der Waals surface area contributed by atoms with Gasteiger partial charge in [0.1, 0.15) is 0 Å². The highest BCUT2D eigenvalue weighted by atomic mass is 35.5. The molecule has 0 aliphatic carbocycles. The number of benzene rings is 2. The molecule has 0 aliphatic rings. The molecule has 26 heavy (non-hydrogen) atoms. The third-order valence-corrected chi connectivity index (χ3v) is 4.49. The van der Waals surface area contributed by atoms with Gasteiger partial charge in [0, 0.05) is 21.8 Å². The zero-order valence-electron chi connectivity index (χ0n) is 13.2. The van der Waals surface area contributed by atoms with Gasteiger partial charge in [-0.2, -0.15) is 0 Å². The van der Waals surface area contributed by atoms with Crippen molar-refractivity contribution < 1.29 is 14.7 Å². The fraction of sp³-hybridized carbons (Fsp3) is 0.0588. The average Bonchev–Trinajstić information content (AvgIpc) is 3.11. The van der Waals surface area contributed by atoms with Crippen molar-refractivity contribution in [1.29, 1.82) is 0 Å². The third kappa shape index (κ3) is 4.41. The van der Waals surface area contributed by atoms with Crippen LogP contribution in [0.5, 0.6) is 0 Å². The Morgan fingerprint density at radius 3 is 2.69 bits per heavy atom. The molecule has 1 heterocycles. The number of anilines is 1. The number of nitrogens with one attached hydrogen (secondary N) is 2. The minimum absolute atomic E-state index is 0.0477. The summed E-state index contributed by atoms with van der Waals surface area (Å²) in [5, 5.41) is 20.9. The van der Waals surface area contributed by atoms with Crippen molar-refractivity contribution in [1.82, 2.24) is 15.2 Å². The Hall–Kier alpha value is -2.84. The normalized spacial score (nSPS) is 10.5. The molecule has 2 aromatic carbocycles. The van der Waals surface area contributed by atoms with Crippen LogP contribution in [0.15, 0.2) is 53.7 Å². The van der Waals surface area contributed by atoms with Crippen LogP contribution in [0.2, 0.25) is 5.02 Å². The Morgan fingerprint density at radius 1 is 1.19 bits per heavy atom. The predicted octanol–water partition coefficient (Wildman–Crippen LogP) is 2.22. The number of hydrogen-bond donors (Lipinski definition) is 2. The monoisotopic (exact) mass is 387 g/mol. The Bertz CT molecular complexity index is 946. The van der Waals surface area contributed by atoms with Crippen LogP contribution < -0.4 is 10.4 Å².